The molecule has 26 heavy (non-hydrogen) atoms. The van der Waals surface area contributed by atoms with Crippen LogP contribution in [0.5, 0.6) is 0 Å². The first kappa shape index (κ1) is 18.8. The Kier molecular flexibility index (Phi) is 5.62. The number of nitrogens with one attached hydrogen (secondary N) is 1. The van der Waals surface area contributed by atoms with Crippen LogP contribution < -0.4 is 10.2 Å². The van der Waals surface area contributed by atoms with Crippen molar-refractivity contribution in [1.29, 1.82) is 0 Å². The summed E-state index contributed by atoms with van der Waals surface area (Å²) < 4.78 is 1.69. The number of carbonyl (C=O) groups is 1. The predicted octanol–water partition coefficient (Wildman–Crippen LogP) is 0.971. The number of halogens is 1. The highest BCUT2D eigenvalue weighted by Crippen LogP contribution is 2.25. The molecule has 4 heterocycles. The minimum absolute atomic E-state index is 0. The van der Waals surface area contributed by atoms with Gasteiger partial charge in [-0.3, -0.25) is 4.79 Å². The number of amides is 1. The van der Waals surface area contributed by atoms with E-state index in [0.717, 1.165) is 50.5 Å². The zero-order valence-electron chi connectivity index (χ0n) is 15.2. The molecule has 8 nitrogen and oxygen atoms in total. The van der Waals surface area contributed by atoms with Crippen molar-refractivity contribution in [3.05, 3.63) is 18.5 Å². The molecule has 9 heteroatoms. The van der Waals surface area contributed by atoms with Gasteiger partial charge in [0.05, 0.1) is 0 Å². The van der Waals surface area contributed by atoms with Crippen molar-refractivity contribution in [1.82, 2.24) is 30.0 Å². The molecule has 2 fully saturated rings. The fraction of sp³-hybridized carbons (Fsp3) is 0.647. The van der Waals surface area contributed by atoms with Gasteiger partial charge in [0, 0.05) is 44.2 Å². The molecule has 2 aliphatic heterocycles. The minimum atomic E-state index is 0. The lowest BCUT2D eigenvalue weighted by atomic mass is 9.93. The van der Waals surface area contributed by atoms with Gasteiger partial charge in [-0.15, -0.1) is 27.7 Å². The summed E-state index contributed by atoms with van der Waals surface area (Å²) in [7, 11) is 0. The molecule has 0 saturated carbocycles. The van der Waals surface area contributed by atoms with Crippen LogP contribution >= 0.6 is 12.4 Å². The maximum atomic E-state index is 12.9. The quantitative estimate of drug-likeness (QED) is 0.837. The van der Waals surface area contributed by atoms with Crippen LogP contribution in [0.3, 0.4) is 0 Å². The normalized spacial score (nSPS) is 24.5. The molecule has 0 radical (unpaired) electrons. The molecule has 0 bridgehead atoms. The summed E-state index contributed by atoms with van der Waals surface area (Å²) in [5.41, 5.74) is 0.746. The van der Waals surface area contributed by atoms with Crippen LogP contribution in [0, 0.1) is 5.92 Å². The van der Waals surface area contributed by atoms with Crippen molar-refractivity contribution in [2.45, 2.75) is 38.8 Å². The topological polar surface area (TPSA) is 78.7 Å². The highest BCUT2D eigenvalue weighted by atomic mass is 35.5. The number of piperidine rings is 1. The Balaban J connectivity index is 0.00000196. The first-order chi connectivity index (χ1) is 12.1. The van der Waals surface area contributed by atoms with E-state index in [4.69, 9.17) is 0 Å². The van der Waals surface area contributed by atoms with Crippen molar-refractivity contribution in [2.24, 2.45) is 5.92 Å². The molecule has 2 aliphatic rings. The van der Waals surface area contributed by atoms with Crippen molar-refractivity contribution in [2.75, 3.05) is 31.1 Å². The Morgan fingerprint density at radius 1 is 1.19 bits per heavy atom. The van der Waals surface area contributed by atoms with Crippen LogP contribution in [0.1, 0.15) is 26.7 Å². The average molecular weight is 380 g/mol. The molecule has 2 saturated heterocycles. The Bertz CT molecular complexity index is 758. The zero-order chi connectivity index (χ0) is 17.4. The van der Waals surface area contributed by atoms with Gasteiger partial charge in [0.2, 0.25) is 5.91 Å². The largest absolute Gasteiger partial charge is 0.355 e. The van der Waals surface area contributed by atoms with Gasteiger partial charge in [0.15, 0.2) is 5.65 Å². The van der Waals surface area contributed by atoms with E-state index in [0.29, 0.717) is 11.9 Å². The van der Waals surface area contributed by atoms with Gasteiger partial charge < -0.3 is 15.1 Å². The second-order valence-electron chi connectivity index (χ2n) is 7.10. The molecule has 0 aliphatic carbocycles. The number of aromatic nitrogens is 4. The van der Waals surface area contributed by atoms with E-state index < -0.39 is 0 Å². The minimum Gasteiger partial charge on any atom is -0.355 e. The van der Waals surface area contributed by atoms with Crippen LogP contribution in [-0.4, -0.2) is 68.9 Å². The summed E-state index contributed by atoms with van der Waals surface area (Å²) in [4.78, 5) is 17.3. The summed E-state index contributed by atoms with van der Waals surface area (Å²) in [6.45, 7) is 7.71. The summed E-state index contributed by atoms with van der Waals surface area (Å²) >= 11 is 0. The van der Waals surface area contributed by atoms with Gasteiger partial charge in [0.25, 0.3) is 0 Å². The van der Waals surface area contributed by atoms with Crippen LogP contribution in [0.4, 0.5) is 5.82 Å². The number of hydrogen-bond donors (Lipinski definition) is 1. The predicted molar refractivity (Wildman–Crippen MR) is 102 cm³/mol. The molecule has 0 spiro atoms. The van der Waals surface area contributed by atoms with E-state index >= 15 is 0 Å². The first-order valence-electron chi connectivity index (χ1n) is 9.09. The molecule has 4 rings (SSSR count). The van der Waals surface area contributed by atoms with Crippen LogP contribution in [0.2, 0.25) is 0 Å². The van der Waals surface area contributed by atoms with Crippen molar-refractivity contribution >= 4 is 29.8 Å². The molecule has 2 aromatic rings. The molecular formula is C17H26ClN7O. The van der Waals surface area contributed by atoms with Crippen molar-refractivity contribution < 1.29 is 4.79 Å². The summed E-state index contributed by atoms with van der Waals surface area (Å²) in [5.74, 6) is 1.37. The summed E-state index contributed by atoms with van der Waals surface area (Å²) in [5, 5.41) is 15.8. The van der Waals surface area contributed by atoms with E-state index in [1.165, 1.54) is 0 Å². The maximum Gasteiger partial charge on any atom is 0.226 e. The maximum absolute atomic E-state index is 12.9. The molecule has 0 aromatic carbocycles. The Morgan fingerprint density at radius 3 is 2.73 bits per heavy atom. The van der Waals surface area contributed by atoms with E-state index in [9.17, 15) is 4.79 Å². The molecular weight excluding hydrogens is 354 g/mol. The van der Waals surface area contributed by atoms with E-state index in [1.807, 2.05) is 12.1 Å². The van der Waals surface area contributed by atoms with E-state index in [2.05, 4.69) is 44.3 Å². The number of hydrogen-bond acceptors (Lipinski definition) is 6. The number of anilines is 1. The number of rotatable bonds is 2. The van der Waals surface area contributed by atoms with Gasteiger partial charge in [0.1, 0.15) is 12.1 Å². The molecule has 2 aromatic heterocycles. The highest BCUT2D eigenvalue weighted by molar-refractivity contribution is 5.85. The SMILES string of the molecule is CC1NCCN(C(=O)C2CCN(c3ccc4nncn4n3)CC2)C1C.Cl. The molecule has 1 N–H and O–H groups in total. The Morgan fingerprint density at radius 2 is 1.96 bits per heavy atom. The van der Waals surface area contributed by atoms with Crippen LogP contribution in [0.15, 0.2) is 18.5 Å². The number of fused-ring (bicyclic) bond motifs is 1. The lowest BCUT2D eigenvalue weighted by Gasteiger charge is -2.42. The van der Waals surface area contributed by atoms with Gasteiger partial charge >= 0.3 is 0 Å². The van der Waals surface area contributed by atoms with Gasteiger partial charge in [-0.1, -0.05) is 0 Å². The second kappa shape index (κ2) is 7.75. The molecule has 2 unspecified atom stereocenters. The third-order valence-electron chi connectivity index (χ3n) is 5.63. The second-order valence-corrected chi connectivity index (χ2v) is 7.10. The van der Waals surface area contributed by atoms with Gasteiger partial charge in [-0.05, 0) is 38.8 Å². The first-order valence-corrected chi connectivity index (χ1v) is 9.09. The Labute approximate surface area is 159 Å². The van der Waals surface area contributed by atoms with Crippen molar-refractivity contribution in [3.8, 4) is 0 Å². The smallest absolute Gasteiger partial charge is 0.226 e. The fourth-order valence-electron chi connectivity index (χ4n) is 3.84. The summed E-state index contributed by atoms with van der Waals surface area (Å²) in [6.07, 6.45) is 3.37. The van der Waals surface area contributed by atoms with E-state index in [1.54, 1.807) is 10.8 Å². The van der Waals surface area contributed by atoms with Crippen molar-refractivity contribution in [3.63, 3.8) is 0 Å². The number of piperazine rings is 1. The molecule has 2 atom stereocenters. The third kappa shape index (κ3) is 3.48. The number of nitrogens with zero attached hydrogens (tertiary/aromatic N) is 6. The lowest BCUT2D eigenvalue weighted by Crippen LogP contribution is -2.59. The zero-order valence-corrected chi connectivity index (χ0v) is 16.0. The highest BCUT2D eigenvalue weighted by Gasteiger charge is 2.34. The van der Waals surface area contributed by atoms with Gasteiger partial charge in [-0.2, -0.15) is 4.52 Å². The van der Waals surface area contributed by atoms with Crippen LogP contribution in [-0.2, 0) is 4.79 Å². The molecule has 142 valence electrons. The average Bonchev–Trinajstić information content (AvgIpc) is 3.11. The number of carbonyl (C=O) groups excluding carboxylic acids is 1. The standard InChI is InChI=1S/C17H25N7O.ClH/c1-12-13(2)23(10-7-18-12)17(25)14-5-8-22(9-6-14)16-4-3-15-20-19-11-24(15)21-16;/h3-4,11-14,18H,5-10H2,1-2H3;1H. The molecule has 1 amide bonds. The monoisotopic (exact) mass is 379 g/mol. The van der Waals surface area contributed by atoms with Gasteiger partial charge in [-0.25, -0.2) is 0 Å². The fourth-order valence-corrected chi connectivity index (χ4v) is 3.84. The van der Waals surface area contributed by atoms with E-state index in [-0.39, 0.29) is 24.4 Å². The lowest BCUT2D eigenvalue weighted by molar-refractivity contribution is -0.140. The summed E-state index contributed by atoms with van der Waals surface area (Å²) in [6, 6.07) is 4.53. The Hall–Kier alpha value is -1.93. The third-order valence-corrected chi connectivity index (χ3v) is 5.63. The van der Waals surface area contributed by atoms with Crippen LogP contribution in [0.25, 0.3) is 5.65 Å².